The molecule has 0 unspecified atom stereocenters. The molecular formula is C40H44N2O6. The molecule has 8 atom stereocenters. The second-order valence-electron chi connectivity index (χ2n) is 13.8. The molecule has 4 aromatic rings. The van der Waals surface area contributed by atoms with Crippen molar-refractivity contribution in [3.05, 3.63) is 144 Å². The van der Waals surface area contributed by atoms with Gasteiger partial charge in [0.1, 0.15) is 23.4 Å². The number of hydrogen-bond donors (Lipinski definition) is 2. The highest BCUT2D eigenvalue weighted by atomic mass is 16.7. The second-order valence-corrected chi connectivity index (χ2v) is 13.8. The van der Waals surface area contributed by atoms with E-state index >= 15 is 0 Å². The van der Waals surface area contributed by atoms with E-state index in [4.69, 9.17) is 19.1 Å². The van der Waals surface area contributed by atoms with E-state index in [1.807, 2.05) is 145 Å². The highest BCUT2D eigenvalue weighted by Crippen LogP contribution is 2.47. The van der Waals surface area contributed by atoms with E-state index in [9.17, 15) is 10.2 Å². The molecule has 8 heteroatoms. The van der Waals surface area contributed by atoms with E-state index in [1.165, 1.54) is 0 Å². The Bertz CT molecular complexity index is 1460. The quantitative estimate of drug-likeness (QED) is 0.266. The van der Waals surface area contributed by atoms with Gasteiger partial charge in [-0.1, -0.05) is 121 Å². The lowest BCUT2D eigenvalue weighted by Crippen LogP contribution is -2.59. The van der Waals surface area contributed by atoms with Crippen LogP contribution in [0.1, 0.15) is 36.1 Å². The van der Waals surface area contributed by atoms with Gasteiger partial charge in [-0.15, -0.1) is 0 Å². The third-order valence-corrected chi connectivity index (χ3v) is 11.3. The summed E-state index contributed by atoms with van der Waals surface area (Å²) in [6.45, 7) is 6.15. The molecule has 4 heterocycles. The summed E-state index contributed by atoms with van der Waals surface area (Å²) in [6, 6.07) is 38.1. The van der Waals surface area contributed by atoms with Gasteiger partial charge in [-0.2, -0.15) is 10.1 Å². The van der Waals surface area contributed by atoms with Crippen molar-refractivity contribution >= 4 is 0 Å². The number of ether oxygens (including phenoxy) is 2. The Hall–Kier alpha value is -3.44. The lowest BCUT2D eigenvalue weighted by molar-refractivity contribution is -0.238. The van der Waals surface area contributed by atoms with Gasteiger partial charge in [-0.3, -0.25) is 9.68 Å². The van der Waals surface area contributed by atoms with Crippen LogP contribution in [0.15, 0.2) is 121 Å². The number of hydrogen-bond acceptors (Lipinski definition) is 8. The molecule has 4 aliphatic rings. The predicted octanol–water partition coefficient (Wildman–Crippen LogP) is 4.90. The van der Waals surface area contributed by atoms with Gasteiger partial charge in [0.2, 0.25) is 0 Å². The fraction of sp³-hybridized carbons (Fsp3) is 0.400. The molecule has 0 bridgehead atoms. The third kappa shape index (κ3) is 5.06. The normalized spacial score (nSPS) is 29.1. The molecule has 0 spiro atoms. The molecule has 4 saturated heterocycles. The maximum Gasteiger partial charge on any atom is 0.132 e. The largest absolute Gasteiger partial charge is 0.379 e. The zero-order valence-corrected chi connectivity index (χ0v) is 27.4. The van der Waals surface area contributed by atoms with Crippen molar-refractivity contribution in [3.63, 3.8) is 0 Å². The first-order valence-corrected chi connectivity index (χ1v) is 17.1. The van der Waals surface area contributed by atoms with E-state index < -0.39 is 23.3 Å². The Labute approximate surface area is 282 Å². The van der Waals surface area contributed by atoms with E-state index in [-0.39, 0.29) is 36.1 Å². The maximum atomic E-state index is 12.7. The molecule has 0 amide bonds. The molecule has 4 aliphatic heterocycles. The molecule has 0 radical (unpaired) electrons. The molecule has 8 nitrogen and oxygen atoms in total. The number of fused-ring (bicyclic) bond motifs is 2. The van der Waals surface area contributed by atoms with E-state index in [1.54, 1.807) is 0 Å². The topological polar surface area (TPSA) is 83.9 Å². The summed E-state index contributed by atoms with van der Waals surface area (Å²) in [5.41, 5.74) is 0.509. The van der Waals surface area contributed by atoms with Crippen LogP contribution in [0, 0.1) is 11.8 Å². The first-order chi connectivity index (χ1) is 23.4. The van der Waals surface area contributed by atoms with Crippen molar-refractivity contribution < 1.29 is 29.4 Å². The minimum Gasteiger partial charge on any atom is -0.379 e. The fourth-order valence-corrected chi connectivity index (χ4v) is 8.69. The lowest BCUT2D eigenvalue weighted by Gasteiger charge is -2.44. The molecular weight excluding hydrogens is 604 g/mol. The minimum atomic E-state index is -1.34. The molecule has 4 fully saturated rings. The van der Waals surface area contributed by atoms with Crippen LogP contribution in [0.25, 0.3) is 0 Å². The Morgan fingerprint density at radius 3 is 1.08 bits per heavy atom. The summed E-state index contributed by atoms with van der Waals surface area (Å²) >= 11 is 0. The summed E-state index contributed by atoms with van der Waals surface area (Å²) in [7, 11) is 0. The van der Waals surface area contributed by atoms with Crippen molar-refractivity contribution in [1.82, 2.24) is 10.1 Å². The molecule has 8 rings (SSSR count). The molecule has 0 aliphatic carbocycles. The highest BCUT2D eigenvalue weighted by Gasteiger charge is 2.61. The van der Waals surface area contributed by atoms with Gasteiger partial charge in [0.15, 0.2) is 0 Å². The third-order valence-electron chi connectivity index (χ3n) is 11.3. The minimum absolute atomic E-state index is 0.120. The first kappa shape index (κ1) is 31.8. The Morgan fingerprint density at radius 1 is 0.500 bits per heavy atom. The van der Waals surface area contributed by atoms with Crippen LogP contribution in [0.3, 0.4) is 0 Å². The van der Waals surface area contributed by atoms with Crippen molar-refractivity contribution in [1.29, 1.82) is 0 Å². The average molecular weight is 649 g/mol. The molecule has 0 aromatic heterocycles. The maximum absolute atomic E-state index is 12.7. The smallest absolute Gasteiger partial charge is 0.132 e. The Balaban J connectivity index is 1.12. The summed E-state index contributed by atoms with van der Waals surface area (Å²) in [6.07, 6.45) is -0.660. The zero-order chi connectivity index (χ0) is 32.9. The van der Waals surface area contributed by atoms with Crippen molar-refractivity contribution in [3.8, 4) is 0 Å². The van der Waals surface area contributed by atoms with Crippen molar-refractivity contribution in [2.24, 2.45) is 11.8 Å². The standard InChI is InChI=1S/C40H44N2O6/c1-27(39(43,31-15-7-3-8-16-31)32-17-9-4-10-18-32)41-35-29(25-47-41)23-45-37(35)38-36-30(24-46-38)26-48-42(36)28(2)40(44,33-19-11-5-12-20-33)34-21-13-6-14-22-34/h3-22,27-30,35-38,43-44H,23-26H2,1-2H3/t27-,28-,29+,30+,35-,36-,37-,38-/m0/s1. The van der Waals surface area contributed by atoms with Gasteiger partial charge in [0, 0.05) is 11.8 Å². The van der Waals surface area contributed by atoms with Gasteiger partial charge in [0.05, 0.1) is 50.6 Å². The number of nitrogens with zero attached hydrogens (tertiary/aromatic N) is 2. The number of aliphatic hydroxyl groups is 2. The number of hydroxylamine groups is 4. The van der Waals surface area contributed by atoms with Crippen LogP contribution in [0.5, 0.6) is 0 Å². The molecule has 4 aromatic carbocycles. The zero-order valence-electron chi connectivity index (χ0n) is 27.4. The van der Waals surface area contributed by atoms with E-state index in [0.29, 0.717) is 26.4 Å². The van der Waals surface area contributed by atoms with Crippen LogP contribution in [0.4, 0.5) is 0 Å². The Kier molecular flexibility index (Phi) is 8.47. The number of benzene rings is 4. The van der Waals surface area contributed by atoms with E-state index in [2.05, 4.69) is 0 Å². The van der Waals surface area contributed by atoms with Crippen LogP contribution in [-0.4, -0.2) is 83.1 Å². The Morgan fingerprint density at radius 2 is 0.792 bits per heavy atom. The highest BCUT2D eigenvalue weighted by molar-refractivity contribution is 5.39. The lowest BCUT2D eigenvalue weighted by atomic mass is 9.79. The van der Waals surface area contributed by atoms with Crippen LogP contribution < -0.4 is 0 Å². The van der Waals surface area contributed by atoms with Crippen molar-refractivity contribution in [2.45, 2.75) is 61.4 Å². The van der Waals surface area contributed by atoms with E-state index in [0.717, 1.165) is 22.3 Å². The predicted molar refractivity (Wildman–Crippen MR) is 180 cm³/mol. The summed E-state index contributed by atoms with van der Waals surface area (Å²) in [4.78, 5) is 12.9. The molecule has 48 heavy (non-hydrogen) atoms. The second kappa shape index (κ2) is 12.8. The average Bonchev–Trinajstić information content (AvgIpc) is 3.95. The van der Waals surface area contributed by atoms with Gasteiger partial charge in [0.25, 0.3) is 0 Å². The van der Waals surface area contributed by atoms with Gasteiger partial charge in [-0.05, 0) is 36.1 Å². The van der Waals surface area contributed by atoms with Gasteiger partial charge in [-0.25, -0.2) is 0 Å². The van der Waals surface area contributed by atoms with Crippen LogP contribution in [0.2, 0.25) is 0 Å². The SMILES string of the molecule is C[C@H](N1OC[C@H]2CO[C@H]([C@H]3OC[C@@H]4CON([C@@H](C)C(O)(c5ccccc5)c5ccccc5)[C@@H]43)[C@H]21)C(O)(c1ccccc1)c1ccccc1. The monoisotopic (exact) mass is 648 g/mol. The van der Waals surface area contributed by atoms with Crippen molar-refractivity contribution in [2.75, 3.05) is 26.4 Å². The van der Waals surface area contributed by atoms with Gasteiger partial charge < -0.3 is 19.7 Å². The first-order valence-electron chi connectivity index (χ1n) is 17.1. The summed E-state index contributed by atoms with van der Waals surface area (Å²) in [5.74, 6) is 0.240. The van der Waals surface area contributed by atoms with Crippen LogP contribution in [-0.2, 0) is 30.4 Å². The van der Waals surface area contributed by atoms with Crippen LogP contribution >= 0.6 is 0 Å². The summed E-state index contributed by atoms with van der Waals surface area (Å²) < 4.78 is 13.3. The molecule has 250 valence electrons. The fourth-order valence-electron chi connectivity index (χ4n) is 8.69. The summed E-state index contributed by atoms with van der Waals surface area (Å²) in [5, 5.41) is 29.3. The molecule has 0 saturated carbocycles. The van der Waals surface area contributed by atoms with Gasteiger partial charge >= 0.3 is 0 Å². The molecule has 2 N–H and O–H groups in total. The number of rotatable bonds is 9.